The fourth-order valence-corrected chi connectivity index (χ4v) is 1.47. The summed E-state index contributed by atoms with van der Waals surface area (Å²) >= 11 is 0. The first-order valence-corrected chi connectivity index (χ1v) is 5.12. The summed E-state index contributed by atoms with van der Waals surface area (Å²) in [6.45, 7) is 5.67. The van der Waals surface area contributed by atoms with Crippen LogP contribution in [0.3, 0.4) is 0 Å². The lowest BCUT2D eigenvalue weighted by Gasteiger charge is -2.13. The largest absolute Gasteiger partial charge is 0.497 e. The number of rotatable bonds is 5. The summed E-state index contributed by atoms with van der Waals surface area (Å²) in [6, 6.07) is 5.38. The van der Waals surface area contributed by atoms with Gasteiger partial charge < -0.3 is 14.6 Å². The Labute approximate surface area is 96.3 Å². The zero-order chi connectivity index (χ0) is 12.1. The van der Waals surface area contributed by atoms with E-state index in [1.165, 1.54) is 0 Å². The van der Waals surface area contributed by atoms with Gasteiger partial charge in [-0.1, -0.05) is 5.57 Å². The van der Waals surface area contributed by atoms with E-state index in [9.17, 15) is 5.11 Å². The molecule has 1 aromatic rings. The summed E-state index contributed by atoms with van der Waals surface area (Å²) in [5.41, 5.74) is 1.72. The van der Waals surface area contributed by atoms with Crippen LogP contribution in [0.5, 0.6) is 11.5 Å². The van der Waals surface area contributed by atoms with Crippen molar-refractivity contribution in [2.24, 2.45) is 0 Å². The molecule has 3 heteroatoms. The van der Waals surface area contributed by atoms with Crippen LogP contribution in [0.15, 0.2) is 30.4 Å². The Bertz CT molecular complexity index is 349. The number of ether oxygens (including phenoxy) is 2. The maximum absolute atomic E-state index is 9.96. The lowest BCUT2D eigenvalue weighted by atomic mass is 10.0. The first-order chi connectivity index (χ1) is 7.56. The Balaban J connectivity index is 2.97. The molecule has 0 radical (unpaired) electrons. The zero-order valence-corrected chi connectivity index (χ0v) is 9.99. The molecule has 0 aromatic heterocycles. The molecule has 16 heavy (non-hydrogen) atoms. The second-order valence-corrected chi connectivity index (χ2v) is 3.82. The van der Waals surface area contributed by atoms with E-state index in [2.05, 4.69) is 6.58 Å². The van der Waals surface area contributed by atoms with Crippen LogP contribution in [-0.4, -0.2) is 19.3 Å². The molecule has 0 fully saturated rings. The predicted molar refractivity (Wildman–Crippen MR) is 63.9 cm³/mol. The third kappa shape index (κ3) is 3.28. The highest BCUT2D eigenvalue weighted by atomic mass is 16.5. The molecule has 0 aliphatic heterocycles. The van der Waals surface area contributed by atoms with Gasteiger partial charge >= 0.3 is 0 Å². The van der Waals surface area contributed by atoms with Crippen LogP contribution in [0.2, 0.25) is 0 Å². The number of methoxy groups -OCH3 is 2. The molecule has 1 rings (SSSR count). The van der Waals surface area contributed by atoms with Crippen molar-refractivity contribution in [3.63, 3.8) is 0 Å². The number of aliphatic hydroxyl groups excluding tert-OH is 1. The van der Waals surface area contributed by atoms with Gasteiger partial charge in [0, 0.05) is 6.07 Å². The molecular weight excluding hydrogens is 204 g/mol. The number of hydrogen-bond acceptors (Lipinski definition) is 3. The van der Waals surface area contributed by atoms with E-state index >= 15 is 0 Å². The highest BCUT2D eigenvalue weighted by molar-refractivity contribution is 5.39. The molecule has 1 unspecified atom stereocenters. The first-order valence-electron chi connectivity index (χ1n) is 5.12. The molecule has 0 spiro atoms. The standard InChI is InChI=1S/C13H18O3/c1-9(2)5-13(14)10-6-11(15-3)8-12(7-10)16-4/h6-8,13-14H,1,5H2,2-4H3. The number of aliphatic hydroxyl groups is 1. The monoisotopic (exact) mass is 222 g/mol. The Morgan fingerprint density at radius 2 is 1.75 bits per heavy atom. The molecule has 0 aliphatic rings. The molecule has 0 heterocycles. The second-order valence-electron chi connectivity index (χ2n) is 3.82. The molecule has 0 aliphatic carbocycles. The summed E-state index contributed by atoms with van der Waals surface area (Å²) in [5.74, 6) is 1.35. The van der Waals surface area contributed by atoms with Crippen LogP contribution in [0.25, 0.3) is 0 Å². The van der Waals surface area contributed by atoms with Gasteiger partial charge in [0.1, 0.15) is 11.5 Å². The minimum absolute atomic E-state index is 0.538. The van der Waals surface area contributed by atoms with E-state index in [4.69, 9.17) is 9.47 Å². The van der Waals surface area contributed by atoms with Crippen molar-refractivity contribution < 1.29 is 14.6 Å². The average Bonchev–Trinajstić information content (AvgIpc) is 2.27. The second kappa shape index (κ2) is 5.56. The molecule has 3 nitrogen and oxygen atoms in total. The maximum atomic E-state index is 9.96. The van der Waals surface area contributed by atoms with E-state index in [0.29, 0.717) is 17.9 Å². The number of benzene rings is 1. The van der Waals surface area contributed by atoms with Crippen molar-refractivity contribution in [1.29, 1.82) is 0 Å². The summed E-state index contributed by atoms with van der Waals surface area (Å²) < 4.78 is 10.3. The smallest absolute Gasteiger partial charge is 0.122 e. The fraction of sp³-hybridized carbons (Fsp3) is 0.385. The number of hydrogen-bond donors (Lipinski definition) is 1. The molecule has 0 saturated heterocycles. The molecule has 1 aromatic carbocycles. The third-order valence-electron chi connectivity index (χ3n) is 2.30. The Morgan fingerprint density at radius 1 is 1.25 bits per heavy atom. The minimum atomic E-state index is -0.568. The van der Waals surface area contributed by atoms with Gasteiger partial charge in [0.15, 0.2) is 0 Å². The predicted octanol–water partition coefficient (Wildman–Crippen LogP) is 2.70. The molecule has 1 N–H and O–H groups in total. The normalized spacial score (nSPS) is 12.0. The van der Waals surface area contributed by atoms with Crippen molar-refractivity contribution in [3.8, 4) is 11.5 Å². The Hall–Kier alpha value is -1.48. The van der Waals surface area contributed by atoms with Gasteiger partial charge in [-0.25, -0.2) is 0 Å². The summed E-state index contributed by atoms with van der Waals surface area (Å²) in [4.78, 5) is 0. The molecule has 0 saturated carbocycles. The van der Waals surface area contributed by atoms with Crippen LogP contribution < -0.4 is 9.47 Å². The van der Waals surface area contributed by atoms with Gasteiger partial charge in [-0.15, -0.1) is 6.58 Å². The van der Waals surface area contributed by atoms with E-state index in [1.807, 2.05) is 6.92 Å². The van der Waals surface area contributed by atoms with Gasteiger partial charge in [0.25, 0.3) is 0 Å². The Kier molecular flexibility index (Phi) is 4.38. The van der Waals surface area contributed by atoms with Crippen molar-refractivity contribution in [3.05, 3.63) is 35.9 Å². The minimum Gasteiger partial charge on any atom is -0.497 e. The summed E-state index contributed by atoms with van der Waals surface area (Å²) in [6.07, 6.45) is -0.0300. The van der Waals surface area contributed by atoms with Crippen molar-refractivity contribution in [2.75, 3.05) is 14.2 Å². The molecule has 0 amide bonds. The molecule has 88 valence electrons. The van der Waals surface area contributed by atoms with E-state index in [1.54, 1.807) is 32.4 Å². The Morgan fingerprint density at radius 3 is 2.12 bits per heavy atom. The van der Waals surface area contributed by atoms with Gasteiger partial charge in [0.05, 0.1) is 20.3 Å². The topological polar surface area (TPSA) is 38.7 Å². The van der Waals surface area contributed by atoms with Crippen LogP contribution >= 0.6 is 0 Å². The van der Waals surface area contributed by atoms with Crippen LogP contribution in [0, 0.1) is 0 Å². The quantitative estimate of drug-likeness (QED) is 0.778. The molecular formula is C13H18O3. The lowest BCUT2D eigenvalue weighted by molar-refractivity contribution is 0.177. The van der Waals surface area contributed by atoms with Crippen LogP contribution in [0.4, 0.5) is 0 Å². The van der Waals surface area contributed by atoms with Gasteiger partial charge in [-0.05, 0) is 31.0 Å². The highest BCUT2D eigenvalue weighted by Crippen LogP contribution is 2.28. The van der Waals surface area contributed by atoms with Crippen LogP contribution in [-0.2, 0) is 0 Å². The molecule has 0 bridgehead atoms. The van der Waals surface area contributed by atoms with Crippen molar-refractivity contribution in [1.82, 2.24) is 0 Å². The maximum Gasteiger partial charge on any atom is 0.122 e. The van der Waals surface area contributed by atoms with E-state index in [-0.39, 0.29) is 0 Å². The lowest BCUT2D eigenvalue weighted by Crippen LogP contribution is -1.99. The van der Waals surface area contributed by atoms with Gasteiger partial charge in [-0.2, -0.15) is 0 Å². The van der Waals surface area contributed by atoms with E-state index < -0.39 is 6.10 Å². The van der Waals surface area contributed by atoms with Crippen LogP contribution in [0.1, 0.15) is 25.0 Å². The van der Waals surface area contributed by atoms with Crippen molar-refractivity contribution in [2.45, 2.75) is 19.4 Å². The fourth-order valence-electron chi connectivity index (χ4n) is 1.47. The average molecular weight is 222 g/mol. The molecule has 1 atom stereocenters. The zero-order valence-electron chi connectivity index (χ0n) is 9.99. The van der Waals surface area contributed by atoms with Gasteiger partial charge in [-0.3, -0.25) is 0 Å². The van der Waals surface area contributed by atoms with E-state index in [0.717, 1.165) is 11.1 Å². The first kappa shape index (κ1) is 12.6. The third-order valence-corrected chi connectivity index (χ3v) is 2.30. The SMILES string of the molecule is C=C(C)CC(O)c1cc(OC)cc(OC)c1. The highest BCUT2D eigenvalue weighted by Gasteiger charge is 2.10. The van der Waals surface area contributed by atoms with Crippen molar-refractivity contribution >= 4 is 0 Å². The summed E-state index contributed by atoms with van der Waals surface area (Å²) in [7, 11) is 3.17. The van der Waals surface area contributed by atoms with Gasteiger partial charge in [0.2, 0.25) is 0 Å². The summed E-state index contributed by atoms with van der Waals surface area (Å²) in [5, 5.41) is 9.96.